The summed E-state index contributed by atoms with van der Waals surface area (Å²) in [5.74, 6) is 0.562. The maximum absolute atomic E-state index is 6.26. The number of hydrogen-bond acceptors (Lipinski definition) is 5. The highest BCUT2D eigenvalue weighted by Gasteiger charge is 2.36. The molecule has 148 valence electrons. The summed E-state index contributed by atoms with van der Waals surface area (Å²) in [6.45, 7) is 2.56. The minimum Gasteiger partial charge on any atom is -0.473 e. The molecule has 0 saturated heterocycles. The predicted molar refractivity (Wildman–Crippen MR) is 113 cm³/mol. The van der Waals surface area contributed by atoms with E-state index in [4.69, 9.17) is 21.3 Å². The van der Waals surface area contributed by atoms with E-state index in [1.807, 2.05) is 41.1 Å². The van der Waals surface area contributed by atoms with E-state index in [2.05, 4.69) is 38.9 Å². The average Bonchev–Trinajstić information content (AvgIpc) is 3.47. The third-order valence-corrected chi connectivity index (χ3v) is 5.93. The van der Waals surface area contributed by atoms with Crippen molar-refractivity contribution in [2.45, 2.75) is 18.9 Å². The number of imidazole rings is 1. The number of aliphatic imine (C=N–C) groups is 1. The summed E-state index contributed by atoms with van der Waals surface area (Å²) in [6, 6.07) is 15.9. The Labute approximate surface area is 177 Å². The second-order valence-corrected chi connectivity index (χ2v) is 8.14. The van der Waals surface area contributed by atoms with E-state index in [1.165, 1.54) is 0 Å². The SMILES string of the molecule is C[C@@]1(c2ccccc2)COC(c2ncn3c2Cc2cnnn2-c2cc(Cl)ccc2-3)=N1. The van der Waals surface area contributed by atoms with Crippen LogP contribution < -0.4 is 0 Å². The van der Waals surface area contributed by atoms with Crippen LogP contribution in [0.3, 0.4) is 0 Å². The van der Waals surface area contributed by atoms with Crippen LogP contribution in [0.15, 0.2) is 66.0 Å². The van der Waals surface area contributed by atoms with E-state index in [1.54, 1.807) is 12.5 Å². The fraction of sp³-hybridized carbons (Fsp3) is 0.182. The number of benzene rings is 2. The summed E-state index contributed by atoms with van der Waals surface area (Å²) in [5, 5.41) is 9.00. The highest BCUT2D eigenvalue weighted by atomic mass is 35.5. The maximum atomic E-state index is 6.26. The first-order valence-corrected chi connectivity index (χ1v) is 10.0. The van der Waals surface area contributed by atoms with Gasteiger partial charge in [-0.05, 0) is 30.7 Å². The van der Waals surface area contributed by atoms with Gasteiger partial charge in [-0.2, -0.15) is 0 Å². The van der Waals surface area contributed by atoms with Gasteiger partial charge in [-0.3, -0.25) is 4.57 Å². The molecule has 1 atom stereocenters. The lowest BCUT2D eigenvalue weighted by Gasteiger charge is -2.18. The minimum absolute atomic E-state index is 0.438. The standard InChI is InChI=1S/C22H17ClN6O/c1-22(14-5-3-2-4-6-14)12-30-21(26-22)20-19-10-16-11-25-27-29(16)18-9-15(23)7-8-17(18)28(19)13-24-20/h2-9,11,13H,10,12H2,1H3/t22-/m0/s1. The van der Waals surface area contributed by atoms with Crippen molar-refractivity contribution in [1.29, 1.82) is 0 Å². The zero-order chi connectivity index (χ0) is 20.3. The molecule has 2 aliphatic heterocycles. The normalized spacial score (nSPS) is 19.3. The minimum atomic E-state index is -0.438. The van der Waals surface area contributed by atoms with Crippen LogP contribution in [-0.2, 0) is 16.7 Å². The number of aromatic nitrogens is 5. The van der Waals surface area contributed by atoms with Crippen LogP contribution in [0.1, 0.15) is 29.6 Å². The van der Waals surface area contributed by atoms with Crippen LogP contribution in [0.25, 0.3) is 11.4 Å². The van der Waals surface area contributed by atoms with Crippen LogP contribution in [0, 0.1) is 0 Å². The molecule has 2 aromatic carbocycles. The first-order chi connectivity index (χ1) is 14.6. The van der Waals surface area contributed by atoms with Crippen molar-refractivity contribution in [1.82, 2.24) is 24.5 Å². The van der Waals surface area contributed by atoms with E-state index >= 15 is 0 Å². The Bertz CT molecular complexity index is 1310. The van der Waals surface area contributed by atoms with Gasteiger partial charge in [0.05, 0.1) is 29.0 Å². The Kier molecular flexibility index (Phi) is 3.64. The highest BCUT2D eigenvalue weighted by Crippen LogP contribution is 2.35. The number of ether oxygens (including phenoxy) is 1. The van der Waals surface area contributed by atoms with Crippen LogP contribution in [0.5, 0.6) is 0 Å². The Hall–Kier alpha value is -3.45. The molecule has 0 aliphatic carbocycles. The lowest BCUT2D eigenvalue weighted by Crippen LogP contribution is -2.20. The molecule has 0 saturated carbocycles. The fourth-order valence-corrected chi connectivity index (χ4v) is 4.28. The summed E-state index contributed by atoms with van der Waals surface area (Å²) < 4.78 is 9.94. The molecule has 0 fully saturated rings. The molecule has 0 N–H and O–H groups in total. The Morgan fingerprint density at radius 2 is 1.97 bits per heavy atom. The number of nitrogens with zero attached hydrogens (tertiary/aromatic N) is 6. The fourth-order valence-electron chi connectivity index (χ4n) is 4.11. The summed E-state index contributed by atoms with van der Waals surface area (Å²) in [5.41, 5.74) is 5.15. The molecule has 0 unspecified atom stereocenters. The summed E-state index contributed by atoms with van der Waals surface area (Å²) in [6.07, 6.45) is 4.17. The second kappa shape index (κ2) is 6.27. The van der Waals surface area contributed by atoms with Gasteiger partial charge in [0.2, 0.25) is 5.90 Å². The number of halogens is 1. The largest absolute Gasteiger partial charge is 0.473 e. The van der Waals surface area contributed by atoms with Crippen molar-refractivity contribution >= 4 is 17.5 Å². The van der Waals surface area contributed by atoms with Gasteiger partial charge in [-0.1, -0.05) is 47.1 Å². The summed E-state index contributed by atoms with van der Waals surface area (Å²) >= 11 is 6.26. The lowest BCUT2D eigenvalue weighted by atomic mass is 9.94. The highest BCUT2D eigenvalue weighted by molar-refractivity contribution is 6.30. The van der Waals surface area contributed by atoms with Gasteiger partial charge in [0.1, 0.15) is 24.2 Å². The van der Waals surface area contributed by atoms with Gasteiger partial charge in [0.15, 0.2) is 0 Å². The summed E-state index contributed by atoms with van der Waals surface area (Å²) in [7, 11) is 0. The van der Waals surface area contributed by atoms with Gasteiger partial charge in [0, 0.05) is 11.4 Å². The van der Waals surface area contributed by atoms with Crippen LogP contribution >= 0.6 is 11.6 Å². The molecular formula is C22H17ClN6O. The van der Waals surface area contributed by atoms with Gasteiger partial charge < -0.3 is 4.74 Å². The number of rotatable bonds is 2. The molecule has 0 bridgehead atoms. The molecule has 0 radical (unpaired) electrons. The smallest absolute Gasteiger partial charge is 0.238 e. The number of fused-ring (bicyclic) bond motifs is 5. The van der Waals surface area contributed by atoms with Gasteiger partial charge >= 0.3 is 0 Å². The maximum Gasteiger partial charge on any atom is 0.238 e. The van der Waals surface area contributed by atoms with E-state index in [9.17, 15) is 0 Å². The number of hydrogen-bond donors (Lipinski definition) is 0. The van der Waals surface area contributed by atoms with E-state index < -0.39 is 5.54 Å². The summed E-state index contributed by atoms with van der Waals surface area (Å²) in [4.78, 5) is 9.63. The molecule has 0 spiro atoms. The Balaban J connectivity index is 1.50. The molecule has 2 aliphatic rings. The van der Waals surface area contributed by atoms with Gasteiger partial charge in [-0.25, -0.2) is 14.7 Å². The van der Waals surface area contributed by atoms with Crippen LogP contribution in [0.2, 0.25) is 5.02 Å². The monoisotopic (exact) mass is 416 g/mol. The van der Waals surface area contributed by atoms with Crippen molar-refractivity contribution in [3.05, 3.63) is 88.7 Å². The molecule has 7 nitrogen and oxygen atoms in total. The quantitative estimate of drug-likeness (QED) is 0.440. The molecule has 2 aromatic heterocycles. The van der Waals surface area contributed by atoms with Crippen molar-refractivity contribution in [3.8, 4) is 11.4 Å². The van der Waals surface area contributed by atoms with Gasteiger partial charge in [0.25, 0.3) is 0 Å². The van der Waals surface area contributed by atoms with Crippen molar-refractivity contribution in [3.63, 3.8) is 0 Å². The third-order valence-electron chi connectivity index (χ3n) is 5.70. The topological polar surface area (TPSA) is 70.1 Å². The zero-order valence-corrected chi connectivity index (χ0v) is 16.9. The molecule has 4 heterocycles. The van der Waals surface area contributed by atoms with E-state index in [0.29, 0.717) is 23.9 Å². The lowest BCUT2D eigenvalue weighted by molar-refractivity contribution is 0.269. The molecule has 4 aromatic rings. The molecule has 30 heavy (non-hydrogen) atoms. The molecule has 6 rings (SSSR count). The third kappa shape index (κ3) is 2.52. The van der Waals surface area contributed by atoms with E-state index in [-0.39, 0.29) is 0 Å². The molecule has 8 heteroatoms. The average molecular weight is 417 g/mol. The van der Waals surface area contributed by atoms with Gasteiger partial charge in [-0.15, -0.1) is 5.10 Å². The van der Waals surface area contributed by atoms with Crippen molar-refractivity contribution in [2.24, 2.45) is 4.99 Å². The first-order valence-electron chi connectivity index (χ1n) is 9.67. The first kappa shape index (κ1) is 17.4. The van der Waals surface area contributed by atoms with E-state index in [0.717, 1.165) is 34.0 Å². The Morgan fingerprint density at radius 1 is 1.10 bits per heavy atom. The van der Waals surface area contributed by atoms with Crippen molar-refractivity contribution < 1.29 is 4.74 Å². The predicted octanol–water partition coefficient (Wildman–Crippen LogP) is 3.70. The van der Waals surface area contributed by atoms with Crippen molar-refractivity contribution in [2.75, 3.05) is 6.61 Å². The van der Waals surface area contributed by atoms with Crippen LogP contribution in [-0.4, -0.2) is 37.0 Å². The Morgan fingerprint density at radius 3 is 2.83 bits per heavy atom. The second-order valence-electron chi connectivity index (χ2n) is 7.70. The van der Waals surface area contributed by atoms with Crippen LogP contribution in [0.4, 0.5) is 0 Å². The molecule has 0 amide bonds. The molecular weight excluding hydrogens is 400 g/mol. The zero-order valence-electron chi connectivity index (χ0n) is 16.2.